The van der Waals surface area contributed by atoms with Gasteiger partial charge in [-0.25, -0.2) is 0 Å². The molecule has 0 amide bonds. The maximum absolute atomic E-state index is 5.49. The molecule has 0 aliphatic carbocycles. The van der Waals surface area contributed by atoms with E-state index >= 15 is 0 Å². The van der Waals surface area contributed by atoms with Crippen LogP contribution in [-0.2, 0) is 16.5 Å². The summed E-state index contributed by atoms with van der Waals surface area (Å²) < 4.78 is 0. The second-order valence-corrected chi connectivity index (χ2v) is 10.4. The summed E-state index contributed by atoms with van der Waals surface area (Å²) in [7, 11) is 0. The van der Waals surface area contributed by atoms with Crippen molar-refractivity contribution in [2.75, 3.05) is 22.9 Å². The normalized spacial score (nSPS) is 15.3. The van der Waals surface area contributed by atoms with Crippen molar-refractivity contribution in [1.29, 1.82) is 0 Å². The minimum absolute atomic E-state index is 0. The third-order valence-corrected chi connectivity index (χ3v) is 8.25. The summed E-state index contributed by atoms with van der Waals surface area (Å²) in [5, 5.41) is 1.40. The first-order valence-corrected chi connectivity index (χ1v) is 14.3. The van der Waals surface area contributed by atoms with Gasteiger partial charge in [-0.05, 0) is 61.5 Å². The minimum atomic E-state index is 0. The van der Waals surface area contributed by atoms with Crippen LogP contribution in [0.1, 0.15) is 39.5 Å². The van der Waals surface area contributed by atoms with Crippen LogP contribution in [0, 0.1) is 0 Å². The van der Waals surface area contributed by atoms with Crippen molar-refractivity contribution in [3.8, 4) is 0 Å². The molecule has 2 aromatic rings. The third kappa shape index (κ3) is 7.41. The van der Waals surface area contributed by atoms with Gasteiger partial charge in [0.2, 0.25) is 0 Å². The Kier molecular flexibility index (Phi) is 13.2. The topological polar surface area (TPSA) is 13.0 Å². The molecule has 4 nitrogen and oxygen atoms in total. The van der Waals surface area contributed by atoms with E-state index in [1.807, 2.05) is 80.3 Å². The van der Waals surface area contributed by atoms with Gasteiger partial charge in [0.1, 0.15) is 20.0 Å². The molecule has 2 heterocycles. The number of thiocarbonyl (C=S) groups is 6. The Morgan fingerprint density at radius 2 is 0.838 bits per heavy atom. The molecule has 0 bridgehead atoms. The van der Waals surface area contributed by atoms with E-state index in [4.69, 9.17) is 73.3 Å². The van der Waals surface area contributed by atoms with E-state index in [2.05, 4.69) is 13.8 Å². The molecule has 2 aromatic carbocycles. The van der Waals surface area contributed by atoms with Crippen molar-refractivity contribution in [3.05, 3.63) is 60.7 Å². The molecule has 11 heteroatoms. The van der Waals surface area contributed by atoms with Gasteiger partial charge < -0.3 is 9.80 Å². The summed E-state index contributed by atoms with van der Waals surface area (Å²) in [4.78, 5) is 10.3. The van der Waals surface area contributed by atoms with Gasteiger partial charge in [0.15, 0.2) is 10.2 Å². The summed E-state index contributed by atoms with van der Waals surface area (Å²) in [6.45, 7) is 5.99. The summed E-state index contributed by atoms with van der Waals surface area (Å²) in [5.41, 5.74) is 1.96. The first-order valence-electron chi connectivity index (χ1n) is 11.8. The number of hydrogen-bond acceptors (Lipinski definition) is 6. The molecule has 0 saturated carbocycles. The van der Waals surface area contributed by atoms with E-state index < -0.39 is 0 Å². The molecule has 0 atom stereocenters. The molecule has 2 aliphatic rings. The number of rotatable bonds is 8. The fourth-order valence-electron chi connectivity index (χ4n) is 3.65. The van der Waals surface area contributed by atoms with Gasteiger partial charge in [-0.1, -0.05) is 112 Å². The number of hydrogen-bond donors (Lipinski definition) is 0. The Bertz CT molecular complexity index is 1070. The molecule has 0 N–H and O–H groups in total. The standard InChI is InChI=1S/2C13H14N2S3.Ni/c2*1-2-3-9-14-11(16)12(17)15(13(14)18)10-7-5-4-6-8-10;/h2*4-8H,2-3,9H2,1H3;. The fourth-order valence-corrected chi connectivity index (χ4v) is 5.78. The molecule has 2 aliphatic heterocycles. The van der Waals surface area contributed by atoms with Crippen LogP contribution in [-0.4, -0.2) is 53.1 Å². The Morgan fingerprint density at radius 1 is 0.514 bits per heavy atom. The zero-order valence-corrected chi connectivity index (χ0v) is 26.5. The van der Waals surface area contributed by atoms with E-state index in [0.717, 1.165) is 50.1 Å². The quantitative estimate of drug-likeness (QED) is 0.217. The number of unbranched alkanes of at least 4 members (excludes halogenated alkanes) is 2. The van der Waals surface area contributed by atoms with Gasteiger partial charge in [0, 0.05) is 41.0 Å². The molecular weight excluding hydrogens is 619 g/mol. The van der Waals surface area contributed by atoms with Crippen molar-refractivity contribution in [1.82, 2.24) is 9.80 Å². The molecule has 4 rings (SSSR count). The first-order chi connectivity index (χ1) is 17.3. The van der Waals surface area contributed by atoms with E-state index in [1.54, 1.807) is 0 Å². The molecule has 2 fully saturated rings. The molecule has 0 radical (unpaired) electrons. The zero-order chi connectivity index (χ0) is 26.2. The van der Waals surface area contributed by atoms with Crippen LogP contribution in [0.25, 0.3) is 0 Å². The molecule has 37 heavy (non-hydrogen) atoms. The van der Waals surface area contributed by atoms with Crippen molar-refractivity contribution in [2.24, 2.45) is 0 Å². The molecule has 0 unspecified atom stereocenters. The SMILES string of the molecule is CCCCN1C(=S)C(=S)N(c2ccccc2)C1=S.CCCCN1C(=S)C(=S)N(c2ccccc2)C1=S.[Ni]. The molecule has 0 spiro atoms. The van der Waals surface area contributed by atoms with E-state index in [1.165, 1.54) is 0 Å². The Morgan fingerprint density at radius 3 is 1.14 bits per heavy atom. The monoisotopic (exact) mass is 646 g/mol. The fraction of sp³-hybridized carbons (Fsp3) is 0.308. The first kappa shape index (κ1) is 31.9. The van der Waals surface area contributed by atoms with Crippen molar-refractivity contribution in [2.45, 2.75) is 39.5 Å². The van der Waals surface area contributed by atoms with E-state index in [9.17, 15) is 0 Å². The molecular formula is C26H28N4NiS6. The van der Waals surface area contributed by atoms with Gasteiger partial charge in [-0.15, -0.1) is 0 Å². The van der Waals surface area contributed by atoms with E-state index in [0.29, 0.717) is 30.2 Å². The minimum Gasteiger partial charge on any atom is -0.307 e. The molecule has 198 valence electrons. The number of benzene rings is 2. The average molecular weight is 648 g/mol. The zero-order valence-electron chi connectivity index (χ0n) is 20.6. The summed E-state index contributed by atoms with van der Waals surface area (Å²) in [6, 6.07) is 19.8. The maximum Gasteiger partial charge on any atom is 0.186 e. The smallest absolute Gasteiger partial charge is 0.186 e. The van der Waals surface area contributed by atoms with Crippen LogP contribution in [0.4, 0.5) is 11.4 Å². The average Bonchev–Trinajstić information content (AvgIpc) is 3.24. The molecule has 2 saturated heterocycles. The third-order valence-electron chi connectivity index (χ3n) is 5.61. The Balaban J connectivity index is 0.000000253. The van der Waals surface area contributed by atoms with Gasteiger partial charge in [0.05, 0.1) is 0 Å². The number of anilines is 2. The Labute approximate surface area is 262 Å². The molecule has 0 aromatic heterocycles. The Hall–Kier alpha value is -1.33. The second kappa shape index (κ2) is 15.3. The van der Waals surface area contributed by atoms with Gasteiger partial charge in [-0.3, -0.25) is 9.80 Å². The predicted molar refractivity (Wildman–Crippen MR) is 177 cm³/mol. The predicted octanol–water partition coefficient (Wildman–Crippen LogP) is 7.09. The van der Waals surface area contributed by atoms with Gasteiger partial charge >= 0.3 is 0 Å². The number of para-hydroxylation sites is 2. The van der Waals surface area contributed by atoms with Crippen LogP contribution in [0.15, 0.2) is 60.7 Å². The van der Waals surface area contributed by atoms with Crippen molar-refractivity contribution >= 4 is 115 Å². The van der Waals surface area contributed by atoms with Crippen LogP contribution in [0.2, 0.25) is 0 Å². The van der Waals surface area contributed by atoms with Gasteiger partial charge in [0.25, 0.3) is 0 Å². The summed E-state index contributed by atoms with van der Waals surface area (Å²) in [6.07, 6.45) is 4.34. The largest absolute Gasteiger partial charge is 0.307 e. The summed E-state index contributed by atoms with van der Waals surface area (Å²) >= 11 is 32.6. The van der Waals surface area contributed by atoms with Crippen LogP contribution in [0.3, 0.4) is 0 Å². The van der Waals surface area contributed by atoms with Crippen LogP contribution in [0.5, 0.6) is 0 Å². The van der Waals surface area contributed by atoms with E-state index in [-0.39, 0.29) is 16.5 Å². The van der Waals surface area contributed by atoms with Crippen LogP contribution >= 0.6 is 73.3 Å². The maximum atomic E-state index is 5.49. The van der Waals surface area contributed by atoms with Crippen molar-refractivity contribution < 1.29 is 16.5 Å². The van der Waals surface area contributed by atoms with Gasteiger partial charge in [-0.2, -0.15) is 0 Å². The number of nitrogens with zero attached hydrogens (tertiary/aromatic N) is 4. The second-order valence-electron chi connectivity index (χ2n) is 8.14. The van der Waals surface area contributed by atoms with Crippen LogP contribution < -0.4 is 9.80 Å². The summed E-state index contributed by atoms with van der Waals surface area (Å²) in [5.74, 6) is 0. The van der Waals surface area contributed by atoms with Crippen molar-refractivity contribution in [3.63, 3.8) is 0 Å².